The van der Waals surface area contributed by atoms with Crippen LogP contribution in [0.5, 0.6) is 0 Å². The summed E-state index contributed by atoms with van der Waals surface area (Å²) >= 11 is 3.61. The molecule has 1 aliphatic heterocycles. The molecule has 0 bridgehead atoms. The minimum atomic E-state index is 0.606. The molecule has 3 atom stereocenters. The summed E-state index contributed by atoms with van der Waals surface area (Å²) in [6.07, 6.45) is 4.48. The van der Waals surface area contributed by atoms with Gasteiger partial charge in [0.15, 0.2) is 0 Å². The van der Waals surface area contributed by atoms with E-state index in [4.69, 9.17) is 4.74 Å². The van der Waals surface area contributed by atoms with Crippen molar-refractivity contribution in [2.45, 2.75) is 30.2 Å². The van der Waals surface area contributed by atoms with Gasteiger partial charge in [0, 0.05) is 11.4 Å². The van der Waals surface area contributed by atoms with E-state index < -0.39 is 0 Å². The van der Waals surface area contributed by atoms with E-state index in [1.54, 1.807) is 0 Å². The molecule has 0 N–H and O–H groups in total. The van der Waals surface area contributed by atoms with Crippen LogP contribution in [0.2, 0.25) is 0 Å². The molecule has 1 saturated carbocycles. The monoisotopic (exact) mass is 190 g/mol. The van der Waals surface area contributed by atoms with E-state index >= 15 is 0 Å². The summed E-state index contributed by atoms with van der Waals surface area (Å²) in [5.41, 5.74) is 0. The summed E-state index contributed by atoms with van der Waals surface area (Å²) in [5, 5.41) is 0. The van der Waals surface area contributed by atoms with Crippen molar-refractivity contribution in [2.24, 2.45) is 5.92 Å². The Kier molecular flexibility index (Phi) is 1.54. The minimum Gasteiger partial charge on any atom is -0.378 e. The van der Waals surface area contributed by atoms with E-state index in [1.807, 2.05) is 0 Å². The first-order valence-electron chi connectivity index (χ1n) is 3.62. The third kappa shape index (κ3) is 1.03. The molecule has 0 aromatic carbocycles. The van der Waals surface area contributed by atoms with Crippen LogP contribution in [0, 0.1) is 5.92 Å². The first-order chi connectivity index (χ1) is 4.36. The highest BCUT2D eigenvalue weighted by Crippen LogP contribution is 2.38. The Morgan fingerprint density at radius 3 is 3.00 bits per heavy atom. The zero-order valence-corrected chi connectivity index (χ0v) is 6.93. The summed E-state index contributed by atoms with van der Waals surface area (Å²) < 4.78 is 5.52. The summed E-state index contributed by atoms with van der Waals surface area (Å²) in [6.45, 7) is 1.01. The van der Waals surface area contributed by atoms with E-state index in [1.165, 1.54) is 19.3 Å². The van der Waals surface area contributed by atoms with Gasteiger partial charge in [0.25, 0.3) is 0 Å². The highest BCUT2D eigenvalue weighted by atomic mass is 79.9. The van der Waals surface area contributed by atoms with Gasteiger partial charge < -0.3 is 4.74 Å². The van der Waals surface area contributed by atoms with E-state index in [2.05, 4.69) is 15.9 Å². The van der Waals surface area contributed by atoms with Crippen LogP contribution >= 0.6 is 15.9 Å². The predicted octanol–water partition coefficient (Wildman–Crippen LogP) is 1.95. The highest BCUT2D eigenvalue weighted by Gasteiger charge is 2.36. The molecule has 0 spiro atoms. The number of fused-ring (bicyclic) bond motifs is 1. The van der Waals surface area contributed by atoms with Crippen molar-refractivity contribution >= 4 is 15.9 Å². The second-order valence-corrected chi connectivity index (χ2v) is 4.32. The van der Waals surface area contributed by atoms with Crippen LogP contribution in [0.3, 0.4) is 0 Å². The van der Waals surface area contributed by atoms with Crippen LogP contribution in [0.15, 0.2) is 0 Å². The molecule has 2 fully saturated rings. The molecule has 2 rings (SSSR count). The zero-order valence-electron chi connectivity index (χ0n) is 5.35. The van der Waals surface area contributed by atoms with E-state index in [-0.39, 0.29) is 0 Å². The maximum Gasteiger partial charge on any atom is 0.0615 e. The van der Waals surface area contributed by atoms with Crippen molar-refractivity contribution in [2.75, 3.05) is 6.61 Å². The lowest BCUT2D eigenvalue weighted by molar-refractivity contribution is 0.103. The van der Waals surface area contributed by atoms with Crippen molar-refractivity contribution < 1.29 is 4.74 Å². The highest BCUT2D eigenvalue weighted by molar-refractivity contribution is 9.09. The van der Waals surface area contributed by atoms with E-state index in [9.17, 15) is 0 Å². The van der Waals surface area contributed by atoms with E-state index in [0.717, 1.165) is 17.4 Å². The molecule has 9 heavy (non-hydrogen) atoms. The Morgan fingerprint density at radius 1 is 1.33 bits per heavy atom. The summed E-state index contributed by atoms with van der Waals surface area (Å²) in [6, 6.07) is 0. The average molecular weight is 191 g/mol. The Hall–Kier alpha value is 0.440. The fourth-order valence-corrected chi connectivity index (χ4v) is 2.75. The second-order valence-electron chi connectivity index (χ2n) is 3.03. The number of hydrogen-bond acceptors (Lipinski definition) is 1. The third-order valence-electron chi connectivity index (χ3n) is 2.39. The van der Waals surface area contributed by atoms with Crippen LogP contribution in [-0.4, -0.2) is 17.5 Å². The zero-order chi connectivity index (χ0) is 6.27. The minimum absolute atomic E-state index is 0.606. The second kappa shape index (κ2) is 2.24. The van der Waals surface area contributed by atoms with Crippen LogP contribution in [0.25, 0.3) is 0 Å². The Labute approximate surface area is 63.9 Å². The molecule has 0 unspecified atom stereocenters. The third-order valence-corrected chi connectivity index (χ3v) is 3.14. The number of ether oxygens (including phenoxy) is 1. The van der Waals surface area contributed by atoms with Gasteiger partial charge in [0.05, 0.1) is 6.10 Å². The van der Waals surface area contributed by atoms with Gasteiger partial charge in [0.1, 0.15) is 0 Å². The Balaban J connectivity index is 2.02. The van der Waals surface area contributed by atoms with Crippen molar-refractivity contribution in [1.29, 1.82) is 0 Å². The molecule has 1 nitrogen and oxygen atoms in total. The molecular formula is C7H11BrO. The van der Waals surface area contributed by atoms with Crippen LogP contribution in [-0.2, 0) is 4.74 Å². The topological polar surface area (TPSA) is 9.23 Å². The van der Waals surface area contributed by atoms with Crippen LogP contribution < -0.4 is 0 Å². The molecule has 1 heterocycles. The lowest BCUT2D eigenvalue weighted by atomic mass is 10.1. The normalized spacial score (nSPS) is 49.7. The summed E-state index contributed by atoms with van der Waals surface area (Å²) in [7, 11) is 0. The van der Waals surface area contributed by atoms with Crippen LogP contribution in [0.1, 0.15) is 19.3 Å². The van der Waals surface area contributed by atoms with Gasteiger partial charge in [-0.05, 0) is 25.2 Å². The Bertz CT molecular complexity index is 103. The van der Waals surface area contributed by atoms with Crippen molar-refractivity contribution in [1.82, 2.24) is 0 Å². The lowest BCUT2D eigenvalue weighted by Gasteiger charge is -2.04. The molecule has 1 saturated heterocycles. The fraction of sp³-hybridized carbons (Fsp3) is 1.00. The molecule has 0 amide bonds. The molecule has 52 valence electrons. The number of halogens is 1. The maximum atomic E-state index is 5.52. The van der Waals surface area contributed by atoms with Gasteiger partial charge >= 0.3 is 0 Å². The van der Waals surface area contributed by atoms with Gasteiger partial charge in [-0.3, -0.25) is 0 Å². The standard InChI is InChI=1S/C7H11BrO/c8-6-3-5-1-2-9-7(5)4-6/h5-7H,1-4H2/t5-,6+,7+/m1/s1. The van der Waals surface area contributed by atoms with E-state index in [0.29, 0.717) is 6.10 Å². The quantitative estimate of drug-likeness (QED) is 0.531. The Morgan fingerprint density at radius 2 is 2.22 bits per heavy atom. The van der Waals surface area contributed by atoms with Crippen molar-refractivity contribution in [3.05, 3.63) is 0 Å². The maximum absolute atomic E-state index is 5.52. The largest absolute Gasteiger partial charge is 0.378 e. The number of rotatable bonds is 0. The average Bonchev–Trinajstić information content (AvgIpc) is 2.22. The number of hydrogen-bond donors (Lipinski definition) is 0. The van der Waals surface area contributed by atoms with Crippen molar-refractivity contribution in [3.8, 4) is 0 Å². The molecule has 0 aromatic rings. The predicted molar refractivity (Wildman–Crippen MR) is 39.8 cm³/mol. The molecule has 1 aliphatic carbocycles. The summed E-state index contributed by atoms with van der Waals surface area (Å²) in [5.74, 6) is 0.884. The van der Waals surface area contributed by atoms with Crippen molar-refractivity contribution in [3.63, 3.8) is 0 Å². The first kappa shape index (κ1) is 6.17. The first-order valence-corrected chi connectivity index (χ1v) is 4.53. The molecule has 2 aliphatic rings. The molecule has 0 radical (unpaired) electrons. The van der Waals surface area contributed by atoms with Gasteiger partial charge in [0.2, 0.25) is 0 Å². The lowest BCUT2D eigenvalue weighted by Crippen LogP contribution is -2.06. The molecule has 0 aromatic heterocycles. The van der Waals surface area contributed by atoms with Gasteiger partial charge in [-0.15, -0.1) is 0 Å². The van der Waals surface area contributed by atoms with Gasteiger partial charge in [-0.1, -0.05) is 15.9 Å². The van der Waals surface area contributed by atoms with Gasteiger partial charge in [-0.2, -0.15) is 0 Å². The number of alkyl halides is 1. The van der Waals surface area contributed by atoms with Crippen LogP contribution in [0.4, 0.5) is 0 Å². The summed E-state index contributed by atoms with van der Waals surface area (Å²) in [4.78, 5) is 0.743. The molecule has 2 heteroatoms. The smallest absolute Gasteiger partial charge is 0.0615 e. The molecular weight excluding hydrogens is 180 g/mol. The SMILES string of the molecule is Br[C@H]1C[C@H]2CCO[C@H]2C1. The van der Waals surface area contributed by atoms with Gasteiger partial charge in [-0.25, -0.2) is 0 Å². The fourth-order valence-electron chi connectivity index (χ4n) is 1.90.